The number of pyridine rings is 1. The average molecular weight is 351 g/mol. The van der Waals surface area contributed by atoms with Gasteiger partial charge in [-0.3, -0.25) is 10.1 Å². The van der Waals surface area contributed by atoms with Gasteiger partial charge in [-0.05, 0) is 40.0 Å². The van der Waals surface area contributed by atoms with Gasteiger partial charge in [0.25, 0.3) is 5.69 Å². The highest BCUT2D eigenvalue weighted by molar-refractivity contribution is 5.68. The maximum atomic E-state index is 12.3. The molecule has 138 valence electrons. The smallest absolute Gasteiger partial charge is 0.410 e. The molecule has 1 amide bonds. The van der Waals surface area contributed by atoms with Gasteiger partial charge in [0.15, 0.2) is 0 Å². The highest BCUT2D eigenvalue weighted by Gasteiger charge is 2.30. The molecule has 1 aromatic rings. The van der Waals surface area contributed by atoms with Crippen LogP contribution >= 0.6 is 0 Å². The number of ether oxygens (including phenoxy) is 2. The first kappa shape index (κ1) is 19.0. The number of nitrogens with zero attached hydrogens (tertiary/aromatic N) is 3. The molecule has 0 spiro atoms. The minimum absolute atomic E-state index is 0.0710. The van der Waals surface area contributed by atoms with E-state index in [0.717, 1.165) is 19.3 Å². The summed E-state index contributed by atoms with van der Waals surface area (Å²) in [5.74, 6) is 0.338. The second-order valence-electron chi connectivity index (χ2n) is 7.07. The third-order valence-electron chi connectivity index (χ3n) is 3.89. The molecule has 0 N–H and O–H groups in total. The summed E-state index contributed by atoms with van der Waals surface area (Å²) in [5, 5.41) is 10.6. The number of hydrogen-bond acceptors (Lipinski definition) is 6. The molecule has 25 heavy (non-hydrogen) atoms. The summed E-state index contributed by atoms with van der Waals surface area (Å²) in [6.45, 7) is 6.64. The lowest BCUT2D eigenvalue weighted by molar-refractivity contribution is -0.385. The second kappa shape index (κ2) is 8.13. The highest BCUT2D eigenvalue weighted by atomic mass is 16.6. The molecule has 1 atom stereocenters. The molecule has 0 radical (unpaired) electrons. The van der Waals surface area contributed by atoms with Gasteiger partial charge >= 0.3 is 6.09 Å². The topological polar surface area (TPSA) is 94.8 Å². The molecule has 8 nitrogen and oxygen atoms in total. The van der Waals surface area contributed by atoms with E-state index in [9.17, 15) is 14.9 Å². The van der Waals surface area contributed by atoms with Gasteiger partial charge in [0.2, 0.25) is 5.88 Å². The van der Waals surface area contributed by atoms with E-state index in [1.165, 1.54) is 18.3 Å². The predicted molar refractivity (Wildman–Crippen MR) is 91.6 cm³/mol. The van der Waals surface area contributed by atoms with Crippen LogP contribution in [-0.4, -0.2) is 45.7 Å². The van der Waals surface area contributed by atoms with Crippen molar-refractivity contribution in [1.82, 2.24) is 9.88 Å². The molecule has 1 aromatic heterocycles. The van der Waals surface area contributed by atoms with Crippen molar-refractivity contribution in [2.45, 2.75) is 58.1 Å². The van der Waals surface area contributed by atoms with Crippen LogP contribution in [0.1, 0.15) is 46.5 Å². The lowest BCUT2D eigenvalue weighted by Crippen LogP contribution is -2.46. The Morgan fingerprint density at radius 1 is 1.40 bits per heavy atom. The van der Waals surface area contributed by atoms with Crippen molar-refractivity contribution in [2.24, 2.45) is 0 Å². The summed E-state index contributed by atoms with van der Waals surface area (Å²) >= 11 is 0. The predicted octanol–water partition coefficient (Wildman–Crippen LogP) is 3.55. The van der Waals surface area contributed by atoms with Crippen LogP contribution in [0, 0.1) is 10.1 Å². The highest BCUT2D eigenvalue weighted by Crippen LogP contribution is 2.23. The summed E-state index contributed by atoms with van der Waals surface area (Å²) in [6.07, 6.45) is 4.50. The molecule has 0 unspecified atom stereocenters. The third-order valence-corrected chi connectivity index (χ3v) is 3.89. The monoisotopic (exact) mass is 351 g/mol. The van der Waals surface area contributed by atoms with E-state index < -0.39 is 10.5 Å². The molecule has 1 aliphatic heterocycles. The van der Waals surface area contributed by atoms with E-state index in [0.29, 0.717) is 25.5 Å². The number of aromatic nitrogens is 1. The number of rotatable bonds is 5. The molecule has 0 saturated carbocycles. The number of hydrogen-bond donors (Lipinski definition) is 0. The van der Waals surface area contributed by atoms with Crippen molar-refractivity contribution in [3.8, 4) is 5.88 Å². The maximum absolute atomic E-state index is 12.3. The van der Waals surface area contributed by atoms with Gasteiger partial charge in [0.05, 0.1) is 11.5 Å². The molecule has 0 aliphatic carbocycles. The average Bonchev–Trinajstić information content (AvgIpc) is 2.54. The molecule has 1 aliphatic rings. The van der Waals surface area contributed by atoms with E-state index in [2.05, 4.69) is 4.98 Å². The molecule has 1 saturated heterocycles. The van der Waals surface area contributed by atoms with Crippen molar-refractivity contribution >= 4 is 11.8 Å². The lowest BCUT2D eigenvalue weighted by atomic mass is 10.0. The Labute approximate surface area is 147 Å². The fourth-order valence-electron chi connectivity index (χ4n) is 2.73. The second-order valence-corrected chi connectivity index (χ2v) is 7.07. The SMILES string of the molecule is CC(C)(C)OC(=O)N1CCCC[C@@H]1CCOc1ccc([N+](=O)[O-])cn1. The van der Waals surface area contributed by atoms with Gasteiger partial charge in [-0.1, -0.05) is 0 Å². The van der Waals surface area contributed by atoms with Gasteiger partial charge < -0.3 is 14.4 Å². The molecule has 0 aromatic carbocycles. The number of amides is 1. The maximum Gasteiger partial charge on any atom is 0.410 e. The van der Waals surface area contributed by atoms with Gasteiger partial charge in [-0.15, -0.1) is 0 Å². The fraction of sp³-hybridized carbons (Fsp3) is 0.647. The van der Waals surface area contributed by atoms with Crippen molar-refractivity contribution < 1.29 is 19.2 Å². The first-order valence-electron chi connectivity index (χ1n) is 8.49. The third kappa shape index (κ3) is 5.88. The first-order valence-corrected chi connectivity index (χ1v) is 8.49. The molecular formula is C17H25N3O5. The van der Waals surface area contributed by atoms with Gasteiger partial charge in [-0.25, -0.2) is 9.78 Å². The zero-order valence-electron chi connectivity index (χ0n) is 14.9. The number of nitro groups is 1. The van der Waals surface area contributed by atoms with Crippen LogP contribution < -0.4 is 4.74 Å². The zero-order valence-corrected chi connectivity index (χ0v) is 14.9. The fourth-order valence-corrected chi connectivity index (χ4v) is 2.73. The largest absolute Gasteiger partial charge is 0.478 e. The van der Waals surface area contributed by atoms with Crippen molar-refractivity contribution in [2.75, 3.05) is 13.2 Å². The lowest BCUT2D eigenvalue weighted by Gasteiger charge is -2.36. The molecular weight excluding hydrogens is 326 g/mol. The molecule has 0 bridgehead atoms. The Hall–Kier alpha value is -2.38. The Morgan fingerprint density at radius 3 is 2.76 bits per heavy atom. The summed E-state index contributed by atoms with van der Waals surface area (Å²) in [5.41, 5.74) is -0.589. The summed E-state index contributed by atoms with van der Waals surface area (Å²) in [6, 6.07) is 2.90. The number of piperidine rings is 1. The van der Waals surface area contributed by atoms with Crippen molar-refractivity contribution in [3.63, 3.8) is 0 Å². The van der Waals surface area contributed by atoms with Crippen molar-refractivity contribution in [3.05, 3.63) is 28.4 Å². The molecule has 1 fully saturated rings. The first-order chi connectivity index (χ1) is 11.8. The van der Waals surface area contributed by atoms with E-state index in [-0.39, 0.29) is 17.8 Å². The molecule has 8 heteroatoms. The Morgan fingerprint density at radius 2 is 2.16 bits per heavy atom. The molecule has 2 heterocycles. The van der Waals surface area contributed by atoms with E-state index in [4.69, 9.17) is 9.47 Å². The number of carbonyl (C=O) groups excluding carboxylic acids is 1. The minimum atomic E-state index is -0.516. The van der Waals surface area contributed by atoms with Crippen LogP contribution in [0.15, 0.2) is 18.3 Å². The van der Waals surface area contributed by atoms with Crippen LogP contribution in [-0.2, 0) is 4.74 Å². The summed E-state index contributed by atoms with van der Waals surface area (Å²) < 4.78 is 11.0. The summed E-state index contributed by atoms with van der Waals surface area (Å²) in [7, 11) is 0. The molecule has 2 rings (SSSR count). The Balaban J connectivity index is 1.86. The van der Waals surface area contributed by atoms with E-state index in [1.54, 1.807) is 4.90 Å². The van der Waals surface area contributed by atoms with Gasteiger partial charge in [0.1, 0.15) is 11.8 Å². The standard InChI is InChI=1S/C17H25N3O5/c1-17(2,3)25-16(21)19-10-5-4-6-13(19)9-11-24-15-8-7-14(12-18-15)20(22)23/h7-8,12-13H,4-6,9-11H2,1-3H3/t13-/m1/s1. The van der Waals surface area contributed by atoms with Gasteiger partial charge in [-0.2, -0.15) is 0 Å². The van der Waals surface area contributed by atoms with Gasteiger partial charge in [0, 0.05) is 31.1 Å². The van der Waals surface area contributed by atoms with Crippen LogP contribution in [0.2, 0.25) is 0 Å². The van der Waals surface area contributed by atoms with E-state index in [1.807, 2.05) is 20.8 Å². The summed E-state index contributed by atoms with van der Waals surface area (Å²) in [4.78, 5) is 28.1. The van der Waals surface area contributed by atoms with Crippen LogP contribution in [0.25, 0.3) is 0 Å². The van der Waals surface area contributed by atoms with E-state index >= 15 is 0 Å². The Kier molecular flexibility index (Phi) is 6.17. The quantitative estimate of drug-likeness (QED) is 0.595. The number of likely N-dealkylation sites (tertiary alicyclic amines) is 1. The van der Waals surface area contributed by atoms with Crippen LogP contribution in [0.5, 0.6) is 5.88 Å². The normalized spacial score (nSPS) is 17.9. The van der Waals surface area contributed by atoms with Crippen LogP contribution in [0.4, 0.5) is 10.5 Å². The zero-order chi connectivity index (χ0) is 18.4. The van der Waals surface area contributed by atoms with Crippen molar-refractivity contribution in [1.29, 1.82) is 0 Å². The van der Waals surface area contributed by atoms with Crippen LogP contribution in [0.3, 0.4) is 0 Å². The minimum Gasteiger partial charge on any atom is -0.478 e. The Bertz CT molecular complexity index is 597. The number of carbonyl (C=O) groups is 1.